The largest absolute Gasteiger partial charge is 0.396 e. The van der Waals surface area contributed by atoms with Gasteiger partial charge in [-0.3, -0.25) is 29.4 Å². The van der Waals surface area contributed by atoms with E-state index in [0.717, 1.165) is 49.0 Å². The molecule has 1 atom stereocenters. The van der Waals surface area contributed by atoms with Crippen LogP contribution in [-0.2, 0) is 16.0 Å². The molecule has 0 saturated carbocycles. The molecule has 1 fully saturated rings. The van der Waals surface area contributed by atoms with Crippen molar-refractivity contribution in [2.45, 2.75) is 70.3 Å². The van der Waals surface area contributed by atoms with Gasteiger partial charge < -0.3 is 10.0 Å². The second-order valence-corrected chi connectivity index (χ2v) is 9.68. The number of amides is 4. The van der Waals surface area contributed by atoms with Gasteiger partial charge in [-0.2, -0.15) is 0 Å². The van der Waals surface area contributed by atoms with E-state index in [1.807, 2.05) is 12.1 Å². The minimum absolute atomic E-state index is 0.0804. The van der Waals surface area contributed by atoms with Crippen LogP contribution in [0.1, 0.15) is 84.1 Å². The van der Waals surface area contributed by atoms with Crippen molar-refractivity contribution < 1.29 is 24.3 Å². The first kappa shape index (κ1) is 26.5. The molecule has 2 aliphatic rings. The standard InChI is InChI=1S/C28H34N4O5/c1-31(23-18-19(15-16-29-23)10-7-5-3-2-4-6-8-17-33)21-12-9-11-20-25(21)28(37)32(27(20)36)22-13-14-24(34)30-26(22)35/h9,11-12,15-16,18,22,33H,2-8,10,13-14,17H2,1H3,(H,30,34,35). The molecule has 2 N–H and O–H groups in total. The van der Waals surface area contributed by atoms with Crippen molar-refractivity contribution in [3.63, 3.8) is 0 Å². The zero-order valence-corrected chi connectivity index (χ0v) is 21.2. The number of aliphatic hydroxyl groups is 1. The van der Waals surface area contributed by atoms with Crippen molar-refractivity contribution in [1.29, 1.82) is 0 Å². The van der Waals surface area contributed by atoms with E-state index in [4.69, 9.17) is 5.11 Å². The lowest BCUT2D eigenvalue weighted by Crippen LogP contribution is -2.54. The van der Waals surface area contributed by atoms with Crippen LogP contribution < -0.4 is 10.2 Å². The Morgan fingerprint density at radius 1 is 1.00 bits per heavy atom. The van der Waals surface area contributed by atoms with E-state index in [1.165, 1.54) is 12.8 Å². The minimum Gasteiger partial charge on any atom is -0.396 e. The van der Waals surface area contributed by atoms with E-state index in [1.54, 1.807) is 36.3 Å². The number of rotatable bonds is 12. The van der Waals surface area contributed by atoms with Gasteiger partial charge in [0, 0.05) is 26.3 Å². The van der Waals surface area contributed by atoms with E-state index in [-0.39, 0.29) is 30.6 Å². The number of pyridine rings is 1. The highest BCUT2D eigenvalue weighted by Crippen LogP contribution is 2.36. The van der Waals surface area contributed by atoms with Crippen molar-refractivity contribution in [1.82, 2.24) is 15.2 Å². The number of benzene rings is 1. The number of imide groups is 2. The molecule has 2 aliphatic heterocycles. The molecule has 1 saturated heterocycles. The van der Waals surface area contributed by atoms with Crippen molar-refractivity contribution in [2.24, 2.45) is 0 Å². The van der Waals surface area contributed by atoms with Gasteiger partial charge in [-0.05, 0) is 55.5 Å². The Morgan fingerprint density at radius 3 is 2.46 bits per heavy atom. The van der Waals surface area contributed by atoms with Crippen LogP contribution in [0.4, 0.5) is 11.5 Å². The van der Waals surface area contributed by atoms with Crippen molar-refractivity contribution in [2.75, 3.05) is 18.6 Å². The Hall–Kier alpha value is -3.59. The summed E-state index contributed by atoms with van der Waals surface area (Å²) >= 11 is 0. The molecule has 1 aromatic carbocycles. The van der Waals surface area contributed by atoms with Gasteiger partial charge in [0.1, 0.15) is 11.9 Å². The fourth-order valence-electron chi connectivity index (χ4n) is 5.02. The highest BCUT2D eigenvalue weighted by atomic mass is 16.3. The van der Waals surface area contributed by atoms with Crippen LogP contribution in [0.3, 0.4) is 0 Å². The second kappa shape index (κ2) is 12.1. The number of hydrogen-bond donors (Lipinski definition) is 2. The van der Waals surface area contributed by atoms with Crippen molar-refractivity contribution >= 4 is 35.1 Å². The van der Waals surface area contributed by atoms with Gasteiger partial charge in [0.25, 0.3) is 11.8 Å². The number of hydrogen-bond acceptors (Lipinski definition) is 7. The maximum absolute atomic E-state index is 13.4. The molecular weight excluding hydrogens is 472 g/mol. The summed E-state index contributed by atoms with van der Waals surface area (Å²) < 4.78 is 0. The number of piperidine rings is 1. The Morgan fingerprint density at radius 2 is 1.73 bits per heavy atom. The van der Waals surface area contributed by atoms with Crippen LogP contribution in [0.15, 0.2) is 36.5 Å². The predicted octanol–water partition coefficient (Wildman–Crippen LogP) is 3.52. The molecule has 0 spiro atoms. The third-order valence-corrected chi connectivity index (χ3v) is 7.08. The average molecular weight is 507 g/mol. The SMILES string of the molecule is CN(c1cc(CCCCCCCCCO)ccn1)c1cccc2c1C(=O)N(C1CCC(=O)NC1=O)C2=O. The number of unbranched alkanes of at least 4 members (excludes halogenated alkanes) is 6. The monoisotopic (exact) mass is 506 g/mol. The molecular formula is C28H34N4O5. The number of nitrogens with one attached hydrogen (secondary N) is 1. The number of aliphatic hydroxyl groups excluding tert-OH is 1. The lowest BCUT2D eigenvalue weighted by atomic mass is 10.0. The fraction of sp³-hybridized carbons (Fsp3) is 0.464. The summed E-state index contributed by atoms with van der Waals surface area (Å²) in [5.74, 6) is -1.42. The molecule has 1 aromatic heterocycles. The average Bonchev–Trinajstić information content (AvgIpc) is 3.15. The molecule has 4 rings (SSSR count). The van der Waals surface area contributed by atoms with Gasteiger partial charge >= 0.3 is 0 Å². The summed E-state index contributed by atoms with van der Waals surface area (Å²) in [6.07, 6.45) is 10.6. The van der Waals surface area contributed by atoms with Gasteiger partial charge in [-0.1, -0.05) is 38.2 Å². The van der Waals surface area contributed by atoms with Gasteiger partial charge in [0.05, 0.1) is 16.8 Å². The molecule has 2 aromatic rings. The number of nitrogens with zero attached hydrogens (tertiary/aromatic N) is 3. The molecule has 196 valence electrons. The molecule has 1 unspecified atom stereocenters. The number of carbonyl (C=O) groups is 4. The summed E-state index contributed by atoms with van der Waals surface area (Å²) in [5, 5.41) is 11.1. The van der Waals surface area contributed by atoms with Crippen LogP contribution in [0, 0.1) is 0 Å². The maximum atomic E-state index is 13.4. The maximum Gasteiger partial charge on any atom is 0.264 e. The Kier molecular flexibility index (Phi) is 8.66. The van der Waals surface area contributed by atoms with E-state index in [0.29, 0.717) is 11.5 Å². The summed E-state index contributed by atoms with van der Waals surface area (Å²) in [7, 11) is 1.81. The van der Waals surface area contributed by atoms with Crippen LogP contribution in [0.25, 0.3) is 0 Å². The highest BCUT2D eigenvalue weighted by molar-refractivity contribution is 6.25. The summed E-state index contributed by atoms with van der Waals surface area (Å²) in [6.45, 7) is 0.271. The first-order valence-corrected chi connectivity index (χ1v) is 13.1. The Labute approximate surface area is 216 Å². The van der Waals surface area contributed by atoms with Gasteiger partial charge in [0.2, 0.25) is 11.8 Å². The van der Waals surface area contributed by atoms with Crippen molar-refractivity contribution in [3.8, 4) is 0 Å². The zero-order chi connectivity index (χ0) is 26.4. The molecule has 37 heavy (non-hydrogen) atoms. The number of fused-ring (bicyclic) bond motifs is 1. The van der Waals surface area contributed by atoms with Crippen LogP contribution in [0.2, 0.25) is 0 Å². The Bertz CT molecular complexity index is 1180. The number of carbonyl (C=O) groups excluding carboxylic acids is 4. The minimum atomic E-state index is -1.00. The molecule has 3 heterocycles. The molecule has 0 bridgehead atoms. The topological polar surface area (TPSA) is 120 Å². The second-order valence-electron chi connectivity index (χ2n) is 9.68. The molecule has 0 radical (unpaired) electrons. The van der Waals surface area contributed by atoms with E-state index in [9.17, 15) is 19.2 Å². The number of aryl methyl sites for hydroxylation is 1. The summed E-state index contributed by atoms with van der Waals surface area (Å²) in [6, 6.07) is 8.07. The van der Waals surface area contributed by atoms with Crippen LogP contribution in [-0.4, -0.2) is 58.3 Å². The number of anilines is 2. The third-order valence-electron chi connectivity index (χ3n) is 7.08. The lowest BCUT2D eigenvalue weighted by molar-refractivity contribution is -0.136. The highest BCUT2D eigenvalue weighted by Gasteiger charge is 2.46. The summed E-state index contributed by atoms with van der Waals surface area (Å²) in [4.78, 5) is 57.8. The fourth-order valence-corrected chi connectivity index (χ4v) is 5.02. The molecule has 9 nitrogen and oxygen atoms in total. The molecule has 4 amide bonds. The quantitative estimate of drug-likeness (QED) is 0.334. The normalized spacial score (nSPS) is 17.2. The third kappa shape index (κ3) is 5.88. The summed E-state index contributed by atoms with van der Waals surface area (Å²) in [5.41, 5.74) is 2.18. The number of aromatic nitrogens is 1. The first-order valence-electron chi connectivity index (χ1n) is 13.1. The molecule has 9 heteroatoms. The van der Waals surface area contributed by atoms with Gasteiger partial charge in [-0.25, -0.2) is 4.98 Å². The zero-order valence-electron chi connectivity index (χ0n) is 21.2. The lowest BCUT2D eigenvalue weighted by Gasteiger charge is -2.28. The van der Waals surface area contributed by atoms with E-state index >= 15 is 0 Å². The predicted molar refractivity (Wildman–Crippen MR) is 139 cm³/mol. The van der Waals surface area contributed by atoms with Gasteiger partial charge in [0.15, 0.2) is 0 Å². The molecule has 0 aliphatic carbocycles. The van der Waals surface area contributed by atoms with Crippen LogP contribution in [0.5, 0.6) is 0 Å². The van der Waals surface area contributed by atoms with E-state index in [2.05, 4.69) is 10.3 Å². The smallest absolute Gasteiger partial charge is 0.264 e. The van der Waals surface area contributed by atoms with Gasteiger partial charge in [-0.15, -0.1) is 0 Å². The first-order chi connectivity index (χ1) is 17.9. The van der Waals surface area contributed by atoms with Crippen LogP contribution >= 0.6 is 0 Å². The van der Waals surface area contributed by atoms with Crippen molar-refractivity contribution in [3.05, 3.63) is 53.2 Å². The Balaban J connectivity index is 1.44. The van der Waals surface area contributed by atoms with E-state index < -0.39 is 29.7 Å².